The highest BCUT2D eigenvalue weighted by atomic mass is 15.3. The van der Waals surface area contributed by atoms with E-state index in [2.05, 4.69) is 27.9 Å². The van der Waals surface area contributed by atoms with Crippen molar-refractivity contribution < 1.29 is 0 Å². The number of piperazine rings is 1. The van der Waals surface area contributed by atoms with Gasteiger partial charge >= 0.3 is 0 Å². The fourth-order valence-corrected chi connectivity index (χ4v) is 2.95. The van der Waals surface area contributed by atoms with E-state index in [0.29, 0.717) is 0 Å². The van der Waals surface area contributed by atoms with Crippen LogP contribution < -0.4 is 0 Å². The van der Waals surface area contributed by atoms with Crippen molar-refractivity contribution in [2.24, 2.45) is 7.05 Å². The molecule has 1 atom stereocenters. The zero-order chi connectivity index (χ0) is 15.5. The van der Waals surface area contributed by atoms with Crippen LogP contribution in [0.4, 0.5) is 0 Å². The van der Waals surface area contributed by atoms with Gasteiger partial charge in [0.25, 0.3) is 0 Å². The van der Waals surface area contributed by atoms with Gasteiger partial charge in [-0.1, -0.05) is 30.3 Å². The fourth-order valence-electron chi connectivity index (χ4n) is 2.95. The number of benzene rings is 1. The average Bonchev–Trinajstić information content (AvgIpc) is 2.93. The van der Waals surface area contributed by atoms with Crippen molar-refractivity contribution in [3.63, 3.8) is 0 Å². The van der Waals surface area contributed by atoms with Gasteiger partial charge in [-0.15, -0.1) is 0 Å². The monoisotopic (exact) mass is 295 g/mol. The highest BCUT2D eigenvalue weighted by Crippen LogP contribution is 2.25. The van der Waals surface area contributed by atoms with Crippen LogP contribution in [-0.4, -0.2) is 52.6 Å². The molecule has 1 fully saturated rings. The SMILES string of the molecule is CN1CCN(C(C#N)c2cnc(-c3ccccc3)n2C)CC1. The molecule has 3 rings (SSSR count). The number of aromatic nitrogens is 2. The van der Waals surface area contributed by atoms with Crippen molar-refractivity contribution in [2.45, 2.75) is 6.04 Å². The van der Waals surface area contributed by atoms with Crippen LogP contribution in [0.25, 0.3) is 11.4 Å². The van der Waals surface area contributed by atoms with Gasteiger partial charge in [0.15, 0.2) is 0 Å². The minimum absolute atomic E-state index is 0.233. The second kappa shape index (κ2) is 6.30. The lowest BCUT2D eigenvalue weighted by Crippen LogP contribution is -2.46. The van der Waals surface area contributed by atoms with Crippen molar-refractivity contribution in [3.8, 4) is 17.5 Å². The Kier molecular flexibility index (Phi) is 4.23. The van der Waals surface area contributed by atoms with Crippen LogP contribution in [0.1, 0.15) is 11.7 Å². The predicted molar refractivity (Wildman–Crippen MR) is 86.1 cm³/mol. The highest BCUT2D eigenvalue weighted by Gasteiger charge is 2.26. The number of hydrogen-bond acceptors (Lipinski definition) is 4. The molecule has 1 aliphatic rings. The summed E-state index contributed by atoms with van der Waals surface area (Å²) in [5, 5.41) is 9.66. The van der Waals surface area contributed by atoms with E-state index in [1.54, 1.807) is 0 Å². The van der Waals surface area contributed by atoms with Crippen LogP contribution in [0.15, 0.2) is 36.5 Å². The predicted octanol–water partition coefficient (Wildman–Crippen LogP) is 1.90. The molecular weight excluding hydrogens is 274 g/mol. The van der Waals surface area contributed by atoms with Crippen LogP contribution in [-0.2, 0) is 7.05 Å². The third-order valence-electron chi connectivity index (χ3n) is 4.36. The molecule has 0 saturated carbocycles. The molecule has 0 spiro atoms. The third-order valence-corrected chi connectivity index (χ3v) is 4.36. The Balaban J connectivity index is 1.88. The molecule has 22 heavy (non-hydrogen) atoms. The van der Waals surface area contributed by atoms with E-state index in [-0.39, 0.29) is 6.04 Å². The normalized spacial score (nSPS) is 18.0. The molecule has 0 bridgehead atoms. The zero-order valence-corrected chi connectivity index (χ0v) is 13.1. The van der Waals surface area contributed by atoms with E-state index < -0.39 is 0 Å². The summed E-state index contributed by atoms with van der Waals surface area (Å²) in [5.41, 5.74) is 2.04. The summed E-state index contributed by atoms with van der Waals surface area (Å²) in [6.45, 7) is 3.84. The van der Waals surface area contributed by atoms with E-state index in [0.717, 1.165) is 43.3 Å². The van der Waals surface area contributed by atoms with Crippen LogP contribution >= 0.6 is 0 Å². The van der Waals surface area contributed by atoms with Crippen LogP contribution in [0.3, 0.4) is 0 Å². The van der Waals surface area contributed by atoms with Gasteiger partial charge in [-0.25, -0.2) is 4.98 Å². The third kappa shape index (κ3) is 2.76. The lowest BCUT2D eigenvalue weighted by molar-refractivity contribution is 0.130. The van der Waals surface area contributed by atoms with Crippen molar-refractivity contribution in [3.05, 3.63) is 42.2 Å². The number of imidazole rings is 1. The second-order valence-corrected chi connectivity index (χ2v) is 5.80. The molecule has 5 heteroatoms. The zero-order valence-electron chi connectivity index (χ0n) is 13.1. The molecule has 1 aromatic carbocycles. The van der Waals surface area contributed by atoms with Crippen molar-refractivity contribution in [2.75, 3.05) is 33.2 Å². The molecule has 1 aromatic heterocycles. The van der Waals surface area contributed by atoms with Gasteiger partial charge in [-0.2, -0.15) is 5.26 Å². The maximum absolute atomic E-state index is 9.66. The van der Waals surface area contributed by atoms with E-state index in [9.17, 15) is 5.26 Å². The molecule has 0 N–H and O–H groups in total. The van der Waals surface area contributed by atoms with E-state index in [1.165, 1.54) is 0 Å². The standard InChI is InChI=1S/C17H21N5/c1-20-8-10-22(11-9-20)15(12-18)16-13-19-17(21(16)2)14-6-4-3-5-7-14/h3-7,13,15H,8-11H2,1-2H3. The summed E-state index contributed by atoms with van der Waals surface area (Å²) in [4.78, 5) is 9.08. The Hall–Kier alpha value is -2.16. The van der Waals surface area contributed by atoms with E-state index >= 15 is 0 Å². The first kappa shape index (κ1) is 14.8. The minimum Gasteiger partial charge on any atom is -0.329 e. The van der Waals surface area contributed by atoms with Crippen molar-refractivity contribution in [1.29, 1.82) is 5.26 Å². The molecular formula is C17H21N5. The largest absolute Gasteiger partial charge is 0.329 e. The molecule has 1 unspecified atom stereocenters. The molecule has 1 aliphatic heterocycles. The van der Waals surface area contributed by atoms with Gasteiger partial charge in [-0.3, -0.25) is 4.90 Å². The topological polar surface area (TPSA) is 48.1 Å². The summed E-state index contributed by atoms with van der Waals surface area (Å²) < 4.78 is 2.04. The molecule has 0 radical (unpaired) electrons. The Bertz CT molecular complexity index is 662. The first-order valence-corrected chi connectivity index (χ1v) is 7.60. The van der Waals surface area contributed by atoms with E-state index in [4.69, 9.17) is 0 Å². The van der Waals surface area contributed by atoms with Gasteiger partial charge in [0, 0.05) is 38.8 Å². The molecule has 2 aromatic rings. The highest BCUT2D eigenvalue weighted by molar-refractivity contribution is 5.56. The number of rotatable bonds is 3. The number of hydrogen-bond donors (Lipinski definition) is 0. The van der Waals surface area contributed by atoms with Gasteiger partial charge in [0.2, 0.25) is 0 Å². The molecule has 0 aliphatic carbocycles. The molecule has 114 valence electrons. The maximum Gasteiger partial charge on any atom is 0.140 e. The molecule has 2 heterocycles. The summed E-state index contributed by atoms with van der Waals surface area (Å²) >= 11 is 0. The van der Waals surface area contributed by atoms with Crippen molar-refractivity contribution >= 4 is 0 Å². The summed E-state index contributed by atoms with van der Waals surface area (Å²) in [7, 11) is 4.11. The summed E-state index contributed by atoms with van der Waals surface area (Å²) in [6.07, 6.45) is 1.84. The molecule has 5 nitrogen and oxygen atoms in total. The van der Waals surface area contributed by atoms with Crippen LogP contribution in [0, 0.1) is 11.3 Å². The number of likely N-dealkylation sites (N-methyl/N-ethyl adjacent to an activating group) is 1. The Morgan fingerprint density at radius 3 is 2.41 bits per heavy atom. The Morgan fingerprint density at radius 2 is 1.77 bits per heavy atom. The summed E-state index contributed by atoms with van der Waals surface area (Å²) in [6, 6.07) is 12.3. The lowest BCUT2D eigenvalue weighted by atomic mass is 10.1. The van der Waals surface area contributed by atoms with E-state index in [1.807, 2.05) is 48.1 Å². The van der Waals surface area contributed by atoms with Gasteiger partial charge in [-0.05, 0) is 7.05 Å². The Labute approximate surface area is 131 Å². The number of nitrogens with zero attached hydrogens (tertiary/aromatic N) is 5. The van der Waals surface area contributed by atoms with Gasteiger partial charge in [0.1, 0.15) is 11.9 Å². The minimum atomic E-state index is -0.233. The fraction of sp³-hybridized carbons (Fsp3) is 0.412. The first-order valence-electron chi connectivity index (χ1n) is 7.60. The van der Waals surface area contributed by atoms with Gasteiger partial charge in [0.05, 0.1) is 18.0 Å². The van der Waals surface area contributed by atoms with Gasteiger partial charge < -0.3 is 9.47 Å². The van der Waals surface area contributed by atoms with Crippen molar-refractivity contribution in [1.82, 2.24) is 19.4 Å². The summed E-state index contributed by atoms with van der Waals surface area (Å²) in [5.74, 6) is 0.907. The van der Waals surface area contributed by atoms with Crippen LogP contribution in [0.5, 0.6) is 0 Å². The first-order chi connectivity index (χ1) is 10.7. The Morgan fingerprint density at radius 1 is 1.09 bits per heavy atom. The number of nitriles is 1. The van der Waals surface area contributed by atoms with Crippen LogP contribution in [0.2, 0.25) is 0 Å². The smallest absolute Gasteiger partial charge is 0.140 e. The molecule has 1 saturated heterocycles. The molecule has 0 amide bonds. The maximum atomic E-state index is 9.66. The second-order valence-electron chi connectivity index (χ2n) is 5.80. The lowest BCUT2D eigenvalue weighted by Gasteiger charge is -2.35. The quantitative estimate of drug-likeness (QED) is 0.868. The average molecular weight is 295 g/mol.